The molecule has 26 heavy (non-hydrogen) atoms. The fourth-order valence-electron chi connectivity index (χ4n) is 2.00. The summed E-state index contributed by atoms with van der Waals surface area (Å²) in [6, 6.07) is 5.79. The maximum absolute atomic E-state index is 12.8. The number of halogens is 7. The van der Waals surface area contributed by atoms with E-state index in [0.717, 1.165) is 18.2 Å². The van der Waals surface area contributed by atoms with Crippen molar-refractivity contribution in [1.29, 1.82) is 0 Å². The summed E-state index contributed by atoms with van der Waals surface area (Å²) < 4.78 is 103. The minimum Gasteiger partial charge on any atom is -0.207 e. The van der Waals surface area contributed by atoms with Crippen molar-refractivity contribution in [3.63, 3.8) is 0 Å². The predicted octanol–water partition coefficient (Wildman–Crippen LogP) is 4.86. The van der Waals surface area contributed by atoms with Gasteiger partial charge in [-0.05, 0) is 35.9 Å². The van der Waals surface area contributed by atoms with E-state index in [1.807, 2.05) is 4.72 Å². The molecule has 0 amide bonds. The highest BCUT2D eigenvalue weighted by Gasteiger charge is 2.34. The number of alkyl halides is 6. The zero-order valence-corrected chi connectivity index (χ0v) is 14.2. The molecular formula is C15H10ClF6NO2S. The zero-order chi connectivity index (χ0) is 19.8. The second kappa shape index (κ2) is 7.09. The molecule has 0 aromatic heterocycles. The Balaban J connectivity index is 2.24. The number of nitrogens with one attached hydrogen (secondary N) is 1. The van der Waals surface area contributed by atoms with Crippen molar-refractivity contribution >= 4 is 21.6 Å². The molecule has 0 aliphatic rings. The van der Waals surface area contributed by atoms with E-state index in [1.165, 1.54) is 6.07 Å². The van der Waals surface area contributed by atoms with Gasteiger partial charge in [0, 0.05) is 6.54 Å². The van der Waals surface area contributed by atoms with Gasteiger partial charge in [0.25, 0.3) is 0 Å². The third-order valence-electron chi connectivity index (χ3n) is 3.27. The van der Waals surface area contributed by atoms with Crippen LogP contribution in [0.25, 0.3) is 0 Å². The van der Waals surface area contributed by atoms with E-state index in [-0.39, 0.29) is 5.56 Å². The number of sulfonamides is 1. The molecule has 142 valence electrons. The van der Waals surface area contributed by atoms with Crippen molar-refractivity contribution < 1.29 is 34.8 Å². The van der Waals surface area contributed by atoms with Crippen molar-refractivity contribution in [2.24, 2.45) is 0 Å². The van der Waals surface area contributed by atoms with E-state index < -0.39 is 50.0 Å². The van der Waals surface area contributed by atoms with E-state index in [2.05, 4.69) is 0 Å². The summed E-state index contributed by atoms with van der Waals surface area (Å²) >= 11 is 5.46. The van der Waals surface area contributed by atoms with Crippen LogP contribution < -0.4 is 4.72 Å². The summed E-state index contributed by atoms with van der Waals surface area (Å²) in [4.78, 5) is -0.655. The summed E-state index contributed by atoms with van der Waals surface area (Å²) in [5, 5.41) is -0.554. The van der Waals surface area contributed by atoms with E-state index >= 15 is 0 Å². The second-order valence-corrected chi connectivity index (χ2v) is 7.34. The van der Waals surface area contributed by atoms with Crippen LogP contribution >= 0.6 is 11.6 Å². The minimum atomic E-state index is -4.73. The molecule has 0 atom stereocenters. The van der Waals surface area contributed by atoms with E-state index in [0.29, 0.717) is 18.2 Å². The molecule has 0 bridgehead atoms. The number of hydrogen-bond donors (Lipinski definition) is 1. The molecule has 3 nitrogen and oxygen atoms in total. The van der Waals surface area contributed by atoms with Gasteiger partial charge in [0.05, 0.1) is 21.0 Å². The first kappa shape index (κ1) is 20.5. The number of hydrogen-bond acceptors (Lipinski definition) is 2. The van der Waals surface area contributed by atoms with Gasteiger partial charge in [-0.2, -0.15) is 26.3 Å². The molecule has 2 rings (SSSR count). The molecule has 0 saturated carbocycles. The third kappa shape index (κ3) is 4.89. The largest absolute Gasteiger partial charge is 0.417 e. The topological polar surface area (TPSA) is 46.2 Å². The molecule has 0 spiro atoms. The van der Waals surface area contributed by atoms with Crippen LogP contribution in [0, 0.1) is 0 Å². The fraction of sp³-hybridized carbons (Fsp3) is 0.200. The van der Waals surface area contributed by atoms with E-state index in [4.69, 9.17) is 11.6 Å². The van der Waals surface area contributed by atoms with Gasteiger partial charge >= 0.3 is 12.4 Å². The lowest BCUT2D eigenvalue weighted by molar-refractivity contribution is -0.138. The molecule has 1 N–H and O–H groups in total. The Kier molecular flexibility index (Phi) is 5.60. The smallest absolute Gasteiger partial charge is 0.207 e. The first-order valence-electron chi connectivity index (χ1n) is 6.83. The standard InChI is InChI=1S/C15H10ClF6NO2S/c16-13-5-4-9(6-12(13)15(20,21)22)8-23-26(24,25)11-3-1-2-10(7-11)14(17,18)19/h1-7,23H,8H2. The van der Waals surface area contributed by atoms with Gasteiger partial charge in [0.1, 0.15) is 0 Å². The molecule has 2 aromatic carbocycles. The van der Waals surface area contributed by atoms with Crippen LogP contribution in [0.15, 0.2) is 47.4 Å². The summed E-state index contributed by atoms with van der Waals surface area (Å²) in [7, 11) is -4.36. The number of benzene rings is 2. The Morgan fingerprint density at radius 1 is 0.923 bits per heavy atom. The van der Waals surface area contributed by atoms with Gasteiger partial charge in [-0.15, -0.1) is 0 Å². The Morgan fingerprint density at radius 3 is 2.15 bits per heavy atom. The quantitative estimate of drug-likeness (QED) is 0.722. The highest BCUT2D eigenvalue weighted by Crippen LogP contribution is 2.35. The summed E-state index contributed by atoms with van der Waals surface area (Å²) in [5.41, 5.74) is -2.36. The molecule has 0 aliphatic heterocycles. The minimum absolute atomic E-state index is 0.0581. The van der Waals surface area contributed by atoms with Gasteiger partial charge in [-0.1, -0.05) is 23.7 Å². The van der Waals surface area contributed by atoms with Crippen LogP contribution in [-0.2, 0) is 28.9 Å². The Morgan fingerprint density at radius 2 is 1.58 bits per heavy atom. The monoisotopic (exact) mass is 417 g/mol. The SMILES string of the molecule is O=S(=O)(NCc1ccc(Cl)c(C(F)(F)F)c1)c1cccc(C(F)(F)F)c1. The van der Waals surface area contributed by atoms with Gasteiger partial charge in [0.2, 0.25) is 10.0 Å². The van der Waals surface area contributed by atoms with Crippen molar-refractivity contribution in [1.82, 2.24) is 4.72 Å². The van der Waals surface area contributed by atoms with Crippen molar-refractivity contribution in [3.8, 4) is 0 Å². The molecule has 0 fully saturated rings. The number of rotatable bonds is 4. The lowest BCUT2D eigenvalue weighted by atomic mass is 10.1. The molecule has 0 saturated heterocycles. The molecule has 0 heterocycles. The molecule has 0 radical (unpaired) electrons. The lowest BCUT2D eigenvalue weighted by Gasteiger charge is -2.12. The van der Waals surface area contributed by atoms with Crippen LogP contribution in [0.5, 0.6) is 0 Å². The molecular weight excluding hydrogens is 408 g/mol. The second-order valence-electron chi connectivity index (χ2n) is 5.16. The average Bonchev–Trinajstić information content (AvgIpc) is 2.52. The Hall–Kier alpha value is -1.78. The van der Waals surface area contributed by atoms with Crippen LogP contribution in [-0.4, -0.2) is 8.42 Å². The summed E-state index contributed by atoms with van der Waals surface area (Å²) in [6.07, 6.45) is -9.46. The zero-order valence-electron chi connectivity index (χ0n) is 12.6. The first-order valence-corrected chi connectivity index (χ1v) is 8.69. The fourth-order valence-corrected chi connectivity index (χ4v) is 3.29. The summed E-state index contributed by atoms with van der Waals surface area (Å²) in [5.74, 6) is 0. The van der Waals surface area contributed by atoms with Crippen LogP contribution in [0.2, 0.25) is 5.02 Å². The van der Waals surface area contributed by atoms with Gasteiger partial charge < -0.3 is 0 Å². The third-order valence-corrected chi connectivity index (χ3v) is 5.00. The van der Waals surface area contributed by atoms with Crippen LogP contribution in [0.3, 0.4) is 0 Å². The van der Waals surface area contributed by atoms with Crippen LogP contribution in [0.1, 0.15) is 16.7 Å². The van der Waals surface area contributed by atoms with E-state index in [1.54, 1.807) is 0 Å². The molecule has 0 unspecified atom stereocenters. The average molecular weight is 418 g/mol. The predicted molar refractivity (Wildman–Crippen MR) is 81.9 cm³/mol. The Bertz CT molecular complexity index is 909. The maximum atomic E-state index is 12.8. The first-order chi connectivity index (χ1) is 11.8. The van der Waals surface area contributed by atoms with Crippen molar-refractivity contribution in [2.45, 2.75) is 23.8 Å². The van der Waals surface area contributed by atoms with Crippen LogP contribution in [0.4, 0.5) is 26.3 Å². The molecule has 2 aromatic rings. The highest BCUT2D eigenvalue weighted by atomic mass is 35.5. The van der Waals surface area contributed by atoms with Gasteiger partial charge in [-0.3, -0.25) is 0 Å². The summed E-state index contributed by atoms with van der Waals surface area (Å²) in [6.45, 7) is -0.557. The Labute approximate surface area is 149 Å². The van der Waals surface area contributed by atoms with E-state index in [9.17, 15) is 34.8 Å². The van der Waals surface area contributed by atoms with Gasteiger partial charge in [0.15, 0.2) is 0 Å². The van der Waals surface area contributed by atoms with Crippen molar-refractivity contribution in [2.75, 3.05) is 0 Å². The highest BCUT2D eigenvalue weighted by molar-refractivity contribution is 7.89. The maximum Gasteiger partial charge on any atom is 0.417 e. The lowest BCUT2D eigenvalue weighted by Crippen LogP contribution is -2.24. The van der Waals surface area contributed by atoms with Crippen molar-refractivity contribution in [3.05, 3.63) is 64.2 Å². The van der Waals surface area contributed by atoms with Gasteiger partial charge in [-0.25, -0.2) is 13.1 Å². The molecule has 11 heteroatoms. The molecule has 0 aliphatic carbocycles. The normalized spacial score (nSPS) is 13.0.